The van der Waals surface area contributed by atoms with Crippen molar-refractivity contribution in [3.63, 3.8) is 0 Å². The molecule has 0 saturated carbocycles. The third-order valence-corrected chi connectivity index (χ3v) is 2.82. The first-order valence-corrected chi connectivity index (χ1v) is 6.35. The van der Waals surface area contributed by atoms with Crippen LogP contribution >= 0.6 is 0 Å². The van der Waals surface area contributed by atoms with E-state index < -0.39 is 0 Å². The molecule has 0 unspecified atom stereocenters. The second kappa shape index (κ2) is 6.53. The second-order valence-electron chi connectivity index (χ2n) is 5.04. The van der Waals surface area contributed by atoms with Gasteiger partial charge < -0.3 is 4.74 Å². The lowest BCUT2D eigenvalue weighted by Crippen LogP contribution is -2.05. The molecule has 0 aliphatic heterocycles. The Morgan fingerprint density at radius 2 is 2.06 bits per heavy atom. The number of benzene rings is 1. The molecule has 0 radical (unpaired) electrons. The van der Waals surface area contributed by atoms with E-state index in [1.807, 2.05) is 0 Å². The van der Waals surface area contributed by atoms with E-state index in [-0.39, 0.29) is 11.6 Å². The van der Waals surface area contributed by atoms with Crippen LogP contribution in [0, 0.1) is 18.7 Å². The van der Waals surface area contributed by atoms with Gasteiger partial charge in [0.25, 0.3) is 0 Å². The molecule has 0 aliphatic rings. The summed E-state index contributed by atoms with van der Waals surface area (Å²) in [4.78, 5) is 11.4. The van der Waals surface area contributed by atoms with Gasteiger partial charge in [0.2, 0.25) is 0 Å². The smallest absolute Gasteiger partial charge is 0.163 e. The van der Waals surface area contributed by atoms with Crippen molar-refractivity contribution < 1.29 is 13.9 Å². The number of carbonyl (C=O) groups is 1. The molecule has 2 nitrogen and oxygen atoms in total. The number of hydrogen-bond acceptors (Lipinski definition) is 2. The molecule has 18 heavy (non-hydrogen) atoms. The first-order chi connectivity index (χ1) is 8.41. The highest BCUT2D eigenvalue weighted by atomic mass is 19.1. The average molecular weight is 252 g/mol. The molecule has 0 fully saturated rings. The third-order valence-electron chi connectivity index (χ3n) is 2.82. The van der Waals surface area contributed by atoms with Gasteiger partial charge >= 0.3 is 0 Å². The lowest BCUT2D eigenvalue weighted by Gasteiger charge is -2.12. The van der Waals surface area contributed by atoms with Gasteiger partial charge in [-0.25, -0.2) is 4.39 Å². The quantitative estimate of drug-likeness (QED) is 0.561. The summed E-state index contributed by atoms with van der Waals surface area (Å²) in [6.07, 6.45) is 2.01. The van der Waals surface area contributed by atoms with Crippen molar-refractivity contribution in [1.29, 1.82) is 0 Å². The Kier molecular flexibility index (Phi) is 5.32. The van der Waals surface area contributed by atoms with E-state index in [9.17, 15) is 9.18 Å². The summed E-state index contributed by atoms with van der Waals surface area (Å²) in [5.41, 5.74) is 0.821. The standard InChI is InChI=1S/C15H21FO2/c1-10(2)6-5-7-18-15-8-11(3)14(16)9-13(15)12(4)17/h8-10H,5-7H2,1-4H3. The number of ketones is 1. The van der Waals surface area contributed by atoms with E-state index in [1.165, 1.54) is 13.0 Å². The Labute approximate surface area is 108 Å². The largest absolute Gasteiger partial charge is 0.493 e. The predicted molar refractivity (Wildman–Crippen MR) is 70.7 cm³/mol. The molecule has 0 heterocycles. The number of rotatable bonds is 6. The number of halogens is 1. The number of ether oxygens (including phenoxy) is 1. The highest BCUT2D eigenvalue weighted by molar-refractivity contribution is 5.96. The predicted octanol–water partition coefficient (Wildman–Crippen LogP) is 4.15. The lowest BCUT2D eigenvalue weighted by molar-refractivity contribution is 0.101. The molecule has 0 aliphatic carbocycles. The molecule has 0 atom stereocenters. The van der Waals surface area contributed by atoms with Crippen molar-refractivity contribution in [1.82, 2.24) is 0 Å². The highest BCUT2D eigenvalue weighted by Crippen LogP contribution is 2.23. The maximum atomic E-state index is 13.4. The zero-order chi connectivity index (χ0) is 13.7. The monoisotopic (exact) mass is 252 g/mol. The normalized spacial score (nSPS) is 10.8. The molecule has 0 N–H and O–H groups in total. The molecule has 0 saturated heterocycles. The van der Waals surface area contributed by atoms with Gasteiger partial charge in [-0.3, -0.25) is 4.79 Å². The van der Waals surface area contributed by atoms with E-state index in [2.05, 4.69) is 13.8 Å². The highest BCUT2D eigenvalue weighted by Gasteiger charge is 2.12. The summed E-state index contributed by atoms with van der Waals surface area (Å²) in [7, 11) is 0. The number of hydrogen-bond donors (Lipinski definition) is 0. The molecule has 0 aromatic heterocycles. The van der Waals surface area contributed by atoms with Gasteiger partial charge in [-0.15, -0.1) is 0 Å². The molecular formula is C15H21FO2. The Bertz CT molecular complexity index is 425. The Balaban J connectivity index is 2.74. The number of aryl methyl sites for hydroxylation is 1. The molecule has 0 amide bonds. The van der Waals surface area contributed by atoms with Crippen LogP contribution < -0.4 is 4.74 Å². The van der Waals surface area contributed by atoms with Crippen molar-refractivity contribution >= 4 is 5.78 Å². The van der Waals surface area contributed by atoms with Gasteiger partial charge in [-0.05, 0) is 50.3 Å². The van der Waals surface area contributed by atoms with Crippen molar-refractivity contribution in [2.45, 2.75) is 40.5 Å². The molecular weight excluding hydrogens is 231 g/mol. The van der Waals surface area contributed by atoms with Gasteiger partial charge in [-0.2, -0.15) is 0 Å². The minimum absolute atomic E-state index is 0.173. The fourth-order valence-corrected chi connectivity index (χ4v) is 1.72. The molecule has 1 rings (SSSR count). The van der Waals surface area contributed by atoms with Crippen LogP contribution in [-0.4, -0.2) is 12.4 Å². The van der Waals surface area contributed by atoms with Crippen LogP contribution in [-0.2, 0) is 0 Å². The molecule has 100 valence electrons. The Hall–Kier alpha value is -1.38. The van der Waals surface area contributed by atoms with E-state index in [0.29, 0.717) is 29.4 Å². The van der Waals surface area contributed by atoms with Crippen LogP contribution in [0.4, 0.5) is 4.39 Å². The summed E-state index contributed by atoms with van der Waals surface area (Å²) in [6, 6.07) is 2.86. The minimum atomic E-state index is -0.366. The topological polar surface area (TPSA) is 26.3 Å². The number of carbonyl (C=O) groups excluding carboxylic acids is 1. The molecule has 1 aromatic carbocycles. The first-order valence-electron chi connectivity index (χ1n) is 6.35. The second-order valence-corrected chi connectivity index (χ2v) is 5.04. The summed E-state index contributed by atoms with van der Waals surface area (Å²) < 4.78 is 19.0. The van der Waals surface area contributed by atoms with Gasteiger partial charge in [0.1, 0.15) is 11.6 Å². The van der Waals surface area contributed by atoms with Crippen LogP contribution in [0.15, 0.2) is 12.1 Å². The third kappa shape index (κ3) is 4.13. The summed E-state index contributed by atoms with van der Waals surface area (Å²) in [5, 5.41) is 0. The minimum Gasteiger partial charge on any atom is -0.493 e. The first kappa shape index (κ1) is 14.7. The Morgan fingerprint density at radius 3 is 2.61 bits per heavy atom. The van der Waals surface area contributed by atoms with Gasteiger partial charge in [0, 0.05) is 0 Å². The van der Waals surface area contributed by atoms with Crippen LogP contribution in [0.25, 0.3) is 0 Å². The fraction of sp³-hybridized carbons (Fsp3) is 0.533. The van der Waals surface area contributed by atoms with Crippen LogP contribution in [0.2, 0.25) is 0 Å². The van der Waals surface area contributed by atoms with Crippen LogP contribution in [0.5, 0.6) is 5.75 Å². The Morgan fingerprint density at radius 1 is 1.39 bits per heavy atom. The summed E-state index contributed by atoms with van der Waals surface area (Å²) >= 11 is 0. The number of Topliss-reactive ketones (excluding diaryl/α,β-unsaturated/α-hetero) is 1. The fourth-order valence-electron chi connectivity index (χ4n) is 1.72. The van der Waals surface area contributed by atoms with Gasteiger partial charge in [0.05, 0.1) is 12.2 Å². The van der Waals surface area contributed by atoms with Crippen molar-refractivity contribution in [2.24, 2.45) is 5.92 Å². The van der Waals surface area contributed by atoms with Crippen molar-refractivity contribution in [3.05, 3.63) is 29.1 Å². The SMILES string of the molecule is CC(=O)c1cc(F)c(C)cc1OCCCC(C)C. The van der Waals surface area contributed by atoms with E-state index in [0.717, 1.165) is 12.8 Å². The van der Waals surface area contributed by atoms with Crippen molar-refractivity contribution in [2.75, 3.05) is 6.61 Å². The van der Waals surface area contributed by atoms with Gasteiger partial charge in [-0.1, -0.05) is 13.8 Å². The average Bonchev–Trinajstić information content (AvgIpc) is 2.28. The summed E-state index contributed by atoms with van der Waals surface area (Å²) in [6.45, 7) is 7.96. The molecule has 0 bridgehead atoms. The van der Waals surface area contributed by atoms with Crippen molar-refractivity contribution in [3.8, 4) is 5.75 Å². The zero-order valence-electron chi connectivity index (χ0n) is 11.5. The maximum absolute atomic E-state index is 13.4. The van der Waals surface area contributed by atoms with E-state index in [1.54, 1.807) is 13.0 Å². The van der Waals surface area contributed by atoms with E-state index in [4.69, 9.17) is 4.74 Å². The molecule has 1 aromatic rings. The van der Waals surface area contributed by atoms with Crippen LogP contribution in [0.1, 0.15) is 49.5 Å². The summed E-state index contributed by atoms with van der Waals surface area (Å²) in [5.74, 6) is 0.587. The van der Waals surface area contributed by atoms with Gasteiger partial charge in [0.15, 0.2) is 5.78 Å². The van der Waals surface area contributed by atoms with E-state index >= 15 is 0 Å². The molecule has 0 spiro atoms. The molecule has 3 heteroatoms. The van der Waals surface area contributed by atoms with Crippen LogP contribution in [0.3, 0.4) is 0 Å². The zero-order valence-corrected chi connectivity index (χ0v) is 11.5. The maximum Gasteiger partial charge on any atom is 0.163 e. The lowest BCUT2D eigenvalue weighted by atomic mass is 10.1.